The smallest absolute Gasteiger partial charge is 0.222 e. The largest absolute Gasteiger partial charge is 0.344 e. The van der Waals surface area contributed by atoms with Gasteiger partial charge in [0.15, 0.2) is 0 Å². The lowest BCUT2D eigenvalue weighted by atomic mass is 10.1. The van der Waals surface area contributed by atoms with Crippen LogP contribution in [0.4, 0.5) is 0 Å². The maximum absolute atomic E-state index is 11.5. The number of aromatic nitrogens is 2. The van der Waals surface area contributed by atoms with Crippen molar-refractivity contribution in [3.8, 4) is 0 Å². The van der Waals surface area contributed by atoms with E-state index in [0.717, 1.165) is 13.0 Å². The molecule has 0 aliphatic carbocycles. The van der Waals surface area contributed by atoms with Crippen LogP contribution in [-0.2, 0) is 4.79 Å². The Balaban J connectivity index is 1.99. The summed E-state index contributed by atoms with van der Waals surface area (Å²) in [6, 6.07) is 6.67. The lowest BCUT2D eigenvalue weighted by molar-refractivity contribution is -0.132. The van der Waals surface area contributed by atoms with Gasteiger partial charge in [-0.1, -0.05) is 12.1 Å². The van der Waals surface area contributed by atoms with Crippen molar-refractivity contribution >= 4 is 16.8 Å². The summed E-state index contributed by atoms with van der Waals surface area (Å²) < 4.78 is 2.07. The highest BCUT2D eigenvalue weighted by atomic mass is 16.2. The summed E-state index contributed by atoms with van der Waals surface area (Å²) in [4.78, 5) is 13.3. The number of hydrogen-bond donors (Lipinski definition) is 0. The number of benzene rings is 1. The third-order valence-corrected chi connectivity index (χ3v) is 3.70. The van der Waals surface area contributed by atoms with Crippen molar-refractivity contribution in [1.29, 1.82) is 0 Å². The molecule has 94 valence electrons. The number of carbonyl (C=O) groups excluding carboxylic acids is 1. The van der Waals surface area contributed by atoms with Crippen LogP contribution in [0.2, 0.25) is 0 Å². The standard InChI is InChI=1S/C14H17N3O/c1-10-3-4-11-8-15-17(13(11)7-10)12-5-6-14(18)16(2)9-12/h3-4,7-8,12H,5-6,9H2,1-2H3. The highest BCUT2D eigenvalue weighted by Crippen LogP contribution is 2.25. The zero-order valence-electron chi connectivity index (χ0n) is 10.8. The SMILES string of the molecule is Cc1ccc2cnn(C3CCC(=O)N(C)C3)c2c1. The summed E-state index contributed by atoms with van der Waals surface area (Å²) in [7, 11) is 1.87. The summed E-state index contributed by atoms with van der Waals surface area (Å²) in [5.74, 6) is 0.235. The van der Waals surface area contributed by atoms with Gasteiger partial charge in [0.1, 0.15) is 0 Å². The molecule has 0 saturated carbocycles. The second-order valence-corrected chi connectivity index (χ2v) is 5.12. The molecular weight excluding hydrogens is 226 g/mol. The molecule has 1 amide bonds. The van der Waals surface area contributed by atoms with Gasteiger partial charge in [0.2, 0.25) is 5.91 Å². The van der Waals surface area contributed by atoms with E-state index < -0.39 is 0 Å². The van der Waals surface area contributed by atoms with Crippen molar-refractivity contribution in [2.45, 2.75) is 25.8 Å². The molecule has 1 fully saturated rings. The first-order valence-electron chi connectivity index (χ1n) is 6.33. The molecule has 18 heavy (non-hydrogen) atoms. The maximum Gasteiger partial charge on any atom is 0.222 e. The number of nitrogens with zero attached hydrogens (tertiary/aromatic N) is 3. The Morgan fingerprint density at radius 2 is 2.22 bits per heavy atom. The van der Waals surface area contributed by atoms with E-state index in [-0.39, 0.29) is 5.91 Å². The van der Waals surface area contributed by atoms with Crippen molar-refractivity contribution in [2.75, 3.05) is 13.6 Å². The minimum absolute atomic E-state index is 0.235. The van der Waals surface area contributed by atoms with Crippen molar-refractivity contribution in [1.82, 2.24) is 14.7 Å². The summed E-state index contributed by atoms with van der Waals surface area (Å²) >= 11 is 0. The van der Waals surface area contributed by atoms with Crippen LogP contribution in [0, 0.1) is 6.92 Å². The average Bonchev–Trinajstić information content (AvgIpc) is 2.75. The van der Waals surface area contributed by atoms with Crippen LogP contribution in [0.15, 0.2) is 24.4 Å². The molecule has 2 aromatic rings. The molecule has 4 nitrogen and oxygen atoms in total. The van der Waals surface area contributed by atoms with Gasteiger partial charge in [-0.15, -0.1) is 0 Å². The van der Waals surface area contributed by atoms with E-state index in [2.05, 4.69) is 34.9 Å². The van der Waals surface area contributed by atoms with Gasteiger partial charge in [-0.05, 0) is 25.0 Å². The zero-order chi connectivity index (χ0) is 12.7. The van der Waals surface area contributed by atoms with Gasteiger partial charge >= 0.3 is 0 Å². The van der Waals surface area contributed by atoms with Crippen molar-refractivity contribution in [2.24, 2.45) is 0 Å². The first-order valence-corrected chi connectivity index (χ1v) is 6.33. The minimum atomic E-state index is 0.235. The van der Waals surface area contributed by atoms with Crippen LogP contribution in [0.5, 0.6) is 0 Å². The van der Waals surface area contributed by atoms with Gasteiger partial charge < -0.3 is 4.90 Å². The van der Waals surface area contributed by atoms with Crippen LogP contribution in [0.1, 0.15) is 24.4 Å². The number of carbonyl (C=O) groups is 1. The topological polar surface area (TPSA) is 38.1 Å². The molecule has 1 aliphatic rings. The highest BCUT2D eigenvalue weighted by Gasteiger charge is 2.25. The van der Waals surface area contributed by atoms with E-state index >= 15 is 0 Å². The van der Waals surface area contributed by atoms with E-state index in [1.807, 2.05) is 13.2 Å². The number of likely N-dealkylation sites (tertiary alicyclic amines) is 1. The first kappa shape index (κ1) is 11.3. The second-order valence-electron chi connectivity index (χ2n) is 5.12. The fraction of sp³-hybridized carbons (Fsp3) is 0.429. The Hall–Kier alpha value is -1.84. The lowest BCUT2D eigenvalue weighted by Crippen LogP contribution is -2.38. The van der Waals surface area contributed by atoms with Crippen LogP contribution in [0.25, 0.3) is 10.9 Å². The molecule has 1 atom stereocenters. The quantitative estimate of drug-likeness (QED) is 0.769. The zero-order valence-corrected chi connectivity index (χ0v) is 10.8. The molecule has 1 unspecified atom stereocenters. The lowest BCUT2D eigenvalue weighted by Gasteiger charge is -2.30. The van der Waals surface area contributed by atoms with Gasteiger partial charge in [-0.3, -0.25) is 9.48 Å². The number of hydrogen-bond acceptors (Lipinski definition) is 2. The average molecular weight is 243 g/mol. The predicted octanol–water partition coefficient (Wildman–Crippen LogP) is 2.14. The van der Waals surface area contributed by atoms with Crippen molar-refractivity contribution in [3.05, 3.63) is 30.0 Å². The van der Waals surface area contributed by atoms with E-state index in [0.29, 0.717) is 12.5 Å². The molecule has 0 radical (unpaired) electrons. The third kappa shape index (κ3) is 1.78. The third-order valence-electron chi connectivity index (χ3n) is 3.70. The molecule has 1 aliphatic heterocycles. The van der Waals surface area contributed by atoms with Crippen LogP contribution in [0.3, 0.4) is 0 Å². The summed E-state index contributed by atoms with van der Waals surface area (Å²) in [5.41, 5.74) is 2.41. The van der Waals surface area contributed by atoms with E-state index in [4.69, 9.17) is 0 Å². The van der Waals surface area contributed by atoms with Gasteiger partial charge in [-0.2, -0.15) is 5.10 Å². The van der Waals surface area contributed by atoms with E-state index in [1.54, 1.807) is 4.90 Å². The van der Waals surface area contributed by atoms with E-state index in [1.165, 1.54) is 16.5 Å². The Morgan fingerprint density at radius 3 is 3.00 bits per heavy atom. The Kier molecular flexibility index (Phi) is 2.58. The normalized spacial score (nSPS) is 20.7. The fourth-order valence-corrected chi connectivity index (χ4v) is 2.63. The molecule has 1 saturated heterocycles. The van der Waals surface area contributed by atoms with Crippen LogP contribution >= 0.6 is 0 Å². The Bertz CT molecular complexity index is 602. The van der Waals surface area contributed by atoms with Gasteiger partial charge in [0, 0.05) is 25.4 Å². The second kappa shape index (κ2) is 4.12. The van der Waals surface area contributed by atoms with Crippen LogP contribution < -0.4 is 0 Å². The predicted molar refractivity (Wildman–Crippen MR) is 70.4 cm³/mol. The number of fused-ring (bicyclic) bond motifs is 1. The number of rotatable bonds is 1. The van der Waals surface area contributed by atoms with Crippen molar-refractivity contribution < 1.29 is 4.79 Å². The fourth-order valence-electron chi connectivity index (χ4n) is 2.63. The molecule has 0 bridgehead atoms. The number of piperidine rings is 1. The van der Waals surface area contributed by atoms with E-state index in [9.17, 15) is 4.79 Å². The monoisotopic (exact) mass is 243 g/mol. The Labute approximate surface area is 106 Å². The molecule has 0 N–H and O–H groups in total. The maximum atomic E-state index is 11.5. The summed E-state index contributed by atoms with van der Waals surface area (Å²) in [6.07, 6.45) is 3.41. The van der Waals surface area contributed by atoms with Gasteiger partial charge in [-0.25, -0.2) is 0 Å². The Morgan fingerprint density at radius 1 is 1.39 bits per heavy atom. The number of aryl methyl sites for hydroxylation is 1. The number of likely N-dealkylation sites (N-methyl/N-ethyl adjacent to an activating group) is 1. The van der Waals surface area contributed by atoms with Gasteiger partial charge in [0.25, 0.3) is 0 Å². The molecular formula is C14H17N3O. The van der Waals surface area contributed by atoms with Crippen LogP contribution in [-0.4, -0.2) is 34.2 Å². The summed E-state index contributed by atoms with van der Waals surface area (Å²) in [5, 5.41) is 5.67. The molecule has 3 rings (SSSR count). The highest BCUT2D eigenvalue weighted by molar-refractivity contribution is 5.80. The minimum Gasteiger partial charge on any atom is -0.344 e. The molecule has 0 spiro atoms. The van der Waals surface area contributed by atoms with Crippen molar-refractivity contribution in [3.63, 3.8) is 0 Å². The molecule has 2 heterocycles. The molecule has 1 aromatic heterocycles. The molecule has 4 heteroatoms. The number of amides is 1. The van der Waals surface area contributed by atoms with Gasteiger partial charge in [0.05, 0.1) is 17.8 Å². The molecule has 1 aromatic carbocycles. The summed E-state index contributed by atoms with van der Waals surface area (Å²) in [6.45, 7) is 2.84. The first-order chi connectivity index (χ1) is 8.65.